The fourth-order valence-corrected chi connectivity index (χ4v) is 4.34. The summed E-state index contributed by atoms with van der Waals surface area (Å²) in [5, 5.41) is 11.0. The predicted molar refractivity (Wildman–Crippen MR) is 98.9 cm³/mol. The number of hydrogen-bond donors (Lipinski definition) is 1. The number of thioether (sulfide) groups is 2. The van der Waals surface area contributed by atoms with E-state index >= 15 is 0 Å². The molecule has 0 spiro atoms. The normalized spacial score (nSPS) is 10.5. The van der Waals surface area contributed by atoms with Crippen molar-refractivity contribution in [3.05, 3.63) is 34.6 Å². The van der Waals surface area contributed by atoms with Gasteiger partial charge in [0.25, 0.3) is 0 Å². The van der Waals surface area contributed by atoms with E-state index in [1.165, 1.54) is 42.8 Å². The molecule has 1 amide bonds. The summed E-state index contributed by atoms with van der Waals surface area (Å²) in [6.45, 7) is 0. The number of esters is 1. The molecule has 1 aromatic heterocycles. The number of carbonyl (C=O) groups is 2. The van der Waals surface area contributed by atoms with Crippen LogP contribution < -0.4 is 5.32 Å². The summed E-state index contributed by atoms with van der Waals surface area (Å²) in [6.07, 6.45) is 0. The number of carbonyl (C=O) groups excluding carboxylic acids is 2. The highest BCUT2D eigenvalue weighted by molar-refractivity contribution is 8.01. The minimum atomic E-state index is -0.392. The van der Waals surface area contributed by atoms with Gasteiger partial charge in [-0.1, -0.05) is 40.8 Å². The third-order valence-electron chi connectivity index (χ3n) is 2.74. The smallest absolute Gasteiger partial charge is 0.316 e. The Labute approximate surface area is 160 Å². The average molecular weight is 422 g/mol. The van der Waals surface area contributed by atoms with Crippen LogP contribution in [0, 0.1) is 5.82 Å². The first kappa shape index (κ1) is 20.0. The van der Waals surface area contributed by atoms with E-state index in [1.807, 2.05) is 0 Å². The maximum absolute atomic E-state index is 13.6. The van der Waals surface area contributed by atoms with Gasteiger partial charge < -0.3 is 4.74 Å². The Bertz CT molecular complexity index is 740. The molecule has 1 heterocycles. The van der Waals surface area contributed by atoms with Gasteiger partial charge >= 0.3 is 5.97 Å². The molecule has 0 bridgehead atoms. The number of methoxy groups -OCH3 is 1. The molecule has 11 heteroatoms. The van der Waals surface area contributed by atoms with Crippen molar-refractivity contribution < 1.29 is 18.7 Å². The summed E-state index contributed by atoms with van der Waals surface area (Å²) in [5.74, 6) is -0.508. The topological polar surface area (TPSA) is 81.2 Å². The number of rotatable bonds is 8. The molecule has 0 saturated heterocycles. The summed E-state index contributed by atoms with van der Waals surface area (Å²) in [5.41, 5.74) is 0.374. The second-order valence-electron chi connectivity index (χ2n) is 4.48. The molecular formula is C14H13ClFN3O3S3. The van der Waals surface area contributed by atoms with Gasteiger partial charge in [0.15, 0.2) is 4.34 Å². The SMILES string of the molecule is COC(=O)CSc1nnc(NC(=O)CSCc2c(F)cccc2Cl)s1. The fraction of sp³-hybridized carbons (Fsp3) is 0.286. The second-order valence-corrected chi connectivity index (χ2v) is 8.07. The van der Waals surface area contributed by atoms with Crippen LogP contribution in [0.4, 0.5) is 9.52 Å². The van der Waals surface area contributed by atoms with Crippen molar-refractivity contribution in [2.45, 2.75) is 10.1 Å². The number of ether oxygens (including phenoxy) is 1. The van der Waals surface area contributed by atoms with Crippen LogP contribution in [0.25, 0.3) is 0 Å². The van der Waals surface area contributed by atoms with Gasteiger partial charge in [-0.15, -0.1) is 22.0 Å². The van der Waals surface area contributed by atoms with E-state index < -0.39 is 5.82 Å². The van der Waals surface area contributed by atoms with E-state index in [-0.39, 0.29) is 29.1 Å². The summed E-state index contributed by atoms with van der Waals surface area (Å²) >= 11 is 9.51. The molecule has 2 aromatic rings. The van der Waals surface area contributed by atoms with Crippen molar-refractivity contribution in [1.82, 2.24) is 10.2 Å². The molecule has 1 N–H and O–H groups in total. The number of benzene rings is 1. The molecule has 0 aliphatic heterocycles. The first-order chi connectivity index (χ1) is 12.0. The highest BCUT2D eigenvalue weighted by Crippen LogP contribution is 2.26. The number of aromatic nitrogens is 2. The molecule has 0 unspecified atom stereocenters. The van der Waals surface area contributed by atoms with Crippen molar-refractivity contribution in [2.75, 3.05) is 23.9 Å². The fourth-order valence-electron chi connectivity index (χ4n) is 1.57. The van der Waals surface area contributed by atoms with E-state index in [0.29, 0.717) is 20.1 Å². The number of nitrogens with zero attached hydrogens (tertiary/aromatic N) is 2. The van der Waals surface area contributed by atoms with Crippen molar-refractivity contribution in [3.8, 4) is 0 Å². The molecule has 0 fully saturated rings. The Morgan fingerprint density at radius 1 is 1.36 bits per heavy atom. The quantitative estimate of drug-likeness (QED) is 0.397. The van der Waals surface area contributed by atoms with Crippen LogP contribution in [-0.2, 0) is 20.1 Å². The first-order valence-electron chi connectivity index (χ1n) is 6.83. The van der Waals surface area contributed by atoms with E-state index in [4.69, 9.17) is 11.6 Å². The van der Waals surface area contributed by atoms with Gasteiger partial charge in [-0.2, -0.15) is 0 Å². The van der Waals surface area contributed by atoms with Gasteiger partial charge in [-0.3, -0.25) is 14.9 Å². The Hall–Kier alpha value is -1.36. The van der Waals surface area contributed by atoms with Crippen LogP contribution in [0.2, 0.25) is 5.02 Å². The summed E-state index contributed by atoms with van der Waals surface area (Å²) in [4.78, 5) is 23.0. The Balaban J connectivity index is 1.77. The maximum Gasteiger partial charge on any atom is 0.316 e. The summed E-state index contributed by atoms with van der Waals surface area (Å²) < 4.78 is 18.7. The largest absolute Gasteiger partial charge is 0.468 e. The van der Waals surface area contributed by atoms with Crippen LogP contribution >= 0.6 is 46.5 Å². The zero-order valence-electron chi connectivity index (χ0n) is 13.0. The van der Waals surface area contributed by atoms with E-state index in [1.54, 1.807) is 6.07 Å². The van der Waals surface area contributed by atoms with Crippen LogP contribution in [0.3, 0.4) is 0 Å². The standard InChI is InChI=1S/C14H13ClFN3O3S3/c1-22-12(21)7-24-14-19-18-13(25-14)17-11(20)6-23-5-8-9(15)3-2-4-10(8)16/h2-4H,5-7H2,1H3,(H,17,18,20). The number of amides is 1. The van der Waals surface area contributed by atoms with Gasteiger partial charge in [0.05, 0.1) is 18.6 Å². The van der Waals surface area contributed by atoms with Crippen molar-refractivity contribution in [3.63, 3.8) is 0 Å². The molecule has 0 saturated carbocycles. The summed E-state index contributed by atoms with van der Waals surface area (Å²) in [6, 6.07) is 4.47. The molecule has 0 atom stereocenters. The zero-order chi connectivity index (χ0) is 18.2. The van der Waals surface area contributed by atoms with Crippen molar-refractivity contribution in [1.29, 1.82) is 0 Å². The Morgan fingerprint density at radius 3 is 2.88 bits per heavy atom. The lowest BCUT2D eigenvalue weighted by molar-refractivity contribution is -0.137. The maximum atomic E-state index is 13.6. The molecule has 6 nitrogen and oxygen atoms in total. The van der Waals surface area contributed by atoms with Crippen LogP contribution in [0.15, 0.2) is 22.5 Å². The number of anilines is 1. The predicted octanol–water partition coefficient (Wildman–Crippen LogP) is 3.47. The molecule has 2 rings (SSSR count). The number of halogens is 2. The number of nitrogens with one attached hydrogen (secondary N) is 1. The Kier molecular flexibility index (Phi) is 7.94. The first-order valence-corrected chi connectivity index (χ1v) is 10.2. The van der Waals surface area contributed by atoms with E-state index in [2.05, 4.69) is 20.3 Å². The van der Waals surface area contributed by atoms with Crippen LogP contribution in [-0.4, -0.2) is 40.7 Å². The highest BCUT2D eigenvalue weighted by Gasteiger charge is 2.12. The second kappa shape index (κ2) is 9.95. The molecule has 1 aromatic carbocycles. The minimum Gasteiger partial charge on any atom is -0.468 e. The van der Waals surface area contributed by atoms with Gasteiger partial charge in [0.2, 0.25) is 11.0 Å². The van der Waals surface area contributed by atoms with E-state index in [0.717, 1.165) is 11.3 Å². The lowest BCUT2D eigenvalue weighted by Crippen LogP contribution is -2.14. The van der Waals surface area contributed by atoms with Crippen molar-refractivity contribution >= 4 is 63.5 Å². The molecule has 0 aliphatic carbocycles. The highest BCUT2D eigenvalue weighted by atomic mass is 35.5. The number of hydrogen-bond acceptors (Lipinski definition) is 8. The third kappa shape index (κ3) is 6.46. The lowest BCUT2D eigenvalue weighted by Gasteiger charge is -2.05. The molecular weight excluding hydrogens is 409 g/mol. The average Bonchev–Trinajstić information content (AvgIpc) is 3.02. The van der Waals surface area contributed by atoms with Crippen LogP contribution in [0.5, 0.6) is 0 Å². The summed E-state index contributed by atoms with van der Waals surface area (Å²) in [7, 11) is 1.31. The third-order valence-corrected chi connectivity index (χ3v) is 5.99. The van der Waals surface area contributed by atoms with E-state index in [9.17, 15) is 14.0 Å². The van der Waals surface area contributed by atoms with Gasteiger partial charge in [-0.05, 0) is 12.1 Å². The lowest BCUT2D eigenvalue weighted by atomic mass is 10.2. The molecule has 134 valence electrons. The van der Waals surface area contributed by atoms with Crippen LogP contribution in [0.1, 0.15) is 5.56 Å². The van der Waals surface area contributed by atoms with Gasteiger partial charge in [0, 0.05) is 16.3 Å². The zero-order valence-corrected chi connectivity index (χ0v) is 16.2. The monoisotopic (exact) mass is 421 g/mol. The molecule has 0 radical (unpaired) electrons. The molecule has 25 heavy (non-hydrogen) atoms. The van der Waals surface area contributed by atoms with Gasteiger partial charge in [-0.25, -0.2) is 4.39 Å². The van der Waals surface area contributed by atoms with Crippen molar-refractivity contribution in [2.24, 2.45) is 0 Å². The minimum absolute atomic E-state index is 0.120. The Morgan fingerprint density at radius 2 is 2.16 bits per heavy atom. The molecule has 0 aliphatic rings. The van der Waals surface area contributed by atoms with Gasteiger partial charge in [0.1, 0.15) is 5.82 Å².